The maximum absolute atomic E-state index is 2.53. The van der Waals surface area contributed by atoms with Gasteiger partial charge < -0.3 is 9.13 Å². The van der Waals surface area contributed by atoms with Crippen molar-refractivity contribution >= 4 is 65.2 Å². The third-order valence-corrected chi connectivity index (χ3v) is 18.0. The van der Waals surface area contributed by atoms with Crippen LogP contribution in [0.3, 0.4) is 0 Å². The van der Waals surface area contributed by atoms with Crippen molar-refractivity contribution in [2.45, 2.75) is 83.1 Å². The normalized spacial score (nSPS) is 11.9. The molecule has 0 saturated heterocycles. The fourth-order valence-corrected chi connectivity index (χ4v) is 15.2. The van der Waals surface area contributed by atoms with Gasteiger partial charge in [0.25, 0.3) is 0 Å². The van der Waals surface area contributed by atoms with Gasteiger partial charge >= 0.3 is 0 Å². The minimum absolute atomic E-state index is 1.17. The number of benzene rings is 12. The molecule has 14 aromatic rings. The molecule has 398 valence electrons. The maximum Gasteiger partial charge on any atom is 0.0541 e. The quantitative estimate of drug-likeness (QED) is 0.151. The van der Waals surface area contributed by atoms with Crippen molar-refractivity contribution in [3.05, 3.63) is 261 Å². The molecule has 0 amide bonds. The van der Waals surface area contributed by atoms with Gasteiger partial charge in [0, 0.05) is 32.3 Å². The summed E-state index contributed by atoms with van der Waals surface area (Å²) < 4.78 is 5.05. The molecule has 12 aromatic carbocycles. The molecular weight excluding hydrogens is 989 g/mol. The van der Waals surface area contributed by atoms with Crippen LogP contribution >= 0.6 is 0 Å². The Hall–Kier alpha value is -9.24. The first-order chi connectivity index (χ1) is 39.6. The summed E-state index contributed by atoms with van der Waals surface area (Å²) in [6.45, 7) is 26.8. The number of rotatable bonds is 7. The molecule has 0 unspecified atom stereocenters. The van der Waals surface area contributed by atoms with Crippen molar-refractivity contribution in [1.82, 2.24) is 9.13 Å². The number of nitrogens with zero attached hydrogens (tertiary/aromatic N) is 2. The number of aromatic nitrogens is 2. The topological polar surface area (TPSA) is 9.86 Å². The Morgan fingerprint density at radius 1 is 0.207 bits per heavy atom. The van der Waals surface area contributed by atoms with E-state index in [1.807, 2.05) is 0 Å². The Labute approximate surface area is 482 Å². The molecule has 0 radical (unpaired) electrons. The van der Waals surface area contributed by atoms with Crippen molar-refractivity contribution in [3.63, 3.8) is 0 Å². The van der Waals surface area contributed by atoms with Crippen LogP contribution in [0.1, 0.15) is 66.8 Å². The number of aryl methyl sites for hydroxylation is 12. The molecular formula is C80H68N2. The molecule has 0 atom stereocenters. The number of hydrogen-bond acceptors (Lipinski definition) is 0. The Bertz CT molecular complexity index is 4410. The summed E-state index contributed by atoms with van der Waals surface area (Å²) in [6, 6.07) is 74.8. The first-order valence-corrected chi connectivity index (χ1v) is 29.1. The first-order valence-electron chi connectivity index (χ1n) is 29.1. The first kappa shape index (κ1) is 50.9. The highest BCUT2D eigenvalue weighted by atomic mass is 15.0. The molecule has 0 bridgehead atoms. The second-order valence-corrected chi connectivity index (χ2v) is 24.0. The van der Waals surface area contributed by atoms with Crippen LogP contribution in [-0.4, -0.2) is 9.13 Å². The lowest BCUT2D eigenvalue weighted by molar-refractivity contribution is 1.20. The Kier molecular flexibility index (Phi) is 11.9. The largest absolute Gasteiger partial charge is 0.309 e. The fraction of sp³-hybridized carbons (Fsp3) is 0.150. The van der Waals surface area contributed by atoms with Crippen LogP contribution in [0.4, 0.5) is 0 Å². The summed E-state index contributed by atoms with van der Waals surface area (Å²) >= 11 is 0. The van der Waals surface area contributed by atoms with E-state index in [0.717, 1.165) is 0 Å². The summed E-state index contributed by atoms with van der Waals surface area (Å²) in [5.41, 5.74) is 35.4. The summed E-state index contributed by atoms with van der Waals surface area (Å²) in [6.07, 6.45) is 0. The smallest absolute Gasteiger partial charge is 0.0541 e. The van der Waals surface area contributed by atoms with E-state index < -0.39 is 0 Å². The fourth-order valence-electron chi connectivity index (χ4n) is 15.2. The van der Waals surface area contributed by atoms with E-state index in [-0.39, 0.29) is 0 Å². The molecule has 2 heterocycles. The van der Waals surface area contributed by atoms with Crippen LogP contribution < -0.4 is 0 Å². The van der Waals surface area contributed by atoms with Crippen molar-refractivity contribution in [2.24, 2.45) is 0 Å². The van der Waals surface area contributed by atoms with E-state index in [4.69, 9.17) is 0 Å². The Morgan fingerprint density at radius 3 is 0.695 bits per heavy atom. The van der Waals surface area contributed by atoms with Crippen molar-refractivity contribution in [1.29, 1.82) is 0 Å². The molecule has 0 saturated carbocycles. The van der Waals surface area contributed by atoms with Crippen LogP contribution in [0, 0.1) is 83.1 Å². The van der Waals surface area contributed by atoms with Crippen LogP contribution in [0.5, 0.6) is 0 Å². The van der Waals surface area contributed by atoms with Gasteiger partial charge in [-0.1, -0.05) is 156 Å². The SMILES string of the molecule is Cc1cc(C)c(-c2ccc3c(c2)c2cc(-c4c(C)cc(C)cc4C)ccc2n3-c2cccc3c(-c4cccc5c(-n6c7ccc(-c8c(C)cc(C)cc8C)cc7c7cc(-c8c(C)cc(C)cc8C)ccc76)cccc45)cccc23)c(C)c1. The van der Waals surface area contributed by atoms with Gasteiger partial charge in [-0.25, -0.2) is 0 Å². The standard InChI is InChI=1S/C80H68N2/c1-45-33-49(5)77(50(6)34-45)57-25-29-73-67(41-57)68-42-58(78-51(7)35-46(2)36-52(78)8)26-30-74(68)81(73)71-23-15-19-63-61(17-13-21-65(63)71)62-18-14-22-66-64(62)20-16-24-72(66)82-75-31-27-59(79-53(9)37-47(3)38-54(79)10)43-69(75)70-44-60(28-32-76(70)82)80-55(11)39-48(4)40-56(80)12/h13-44H,1-12H3. The van der Waals surface area contributed by atoms with Gasteiger partial charge in [0.2, 0.25) is 0 Å². The maximum atomic E-state index is 2.53. The van der Waals surface area contributed by atoms with Gasteiger partial charge in [0.1, 0.15) is 0 Å². The lowest BCUT2D eigenvalue weighted by Crippen LogP contribution is -1.97. The highest BCUT2D eigenvalue weighted by molar-refractivity contribution is 6.16. The van der Waals surface area contributed by atoms with E-state index in [0.29, 0.717) is 0 Å². The summed E-state index contributed by atoms with van der Waals surface area (Å²) in [7, 11) is 0. The van der Waals surface area contributed by atoms with Gasteiger partial charge in [-0.2, -0.15) is 0 Å². The van der Waals surface area contributed by atoms with Crippen LogP contribution in [0.15, 0.2) is 194 Å². The molecule has 0 fully saturated rings. The minimum Gasteiger partial charge on any atom is -0.309 e. The molecule has 0 aliphatic rings. The molecule has 0 aliphatic heterocycles. The van der Waals surface area contributed by atoms with E-state index in [2.05, 4.69) is 286 Å². The highest BCUT2D eigenvalue weighted by Crippen LogP contribution is 2.45. The summed E-state index contributed by atoms with van der Waals surface area (Å²) in [5, 5.41) is 9.88. The van der Waals surface area contributed by atoms with Gasteiger partial charge in [-0.3, -0.25) is 0 Å². The van der Waals surface area contributed by atoms with Crippen LogP contribution in [0.2, 0.25) is 0 Å². The zero-order valence-electron chi connectivity index (χ0n) is 49.4. The van der Waals surface area contributed by atoms with E-state index in [1.54, 1.807) is 0 Å². The lowest BCUT2D eigenvalue weighted by atomic mass is 9.91. The molecule has 2 nitrogen and oxygen atoms in total. The monoisotopic (exact) mass is 1060 g/mol. The lowest BCUT2D eigenvalue weighted by Gasteiger charge is -2.17. The number of fused-ring (bicyclic) bond motifs is 8. The summed E-state index contributed by atoms with van der Waals surface area (Å²) in [5.74, 6) is 0. The van der Waals surface area contributed by atoms with E-state index >= 15 is 0 Å². The minimum atomic E-state index is 1.17. The average Bonchev–Trinajstić information content (AvgIpc) is 3.24. The second kappa shape index (κ2) is 19.2. The van der Waals surface area contributed by atoms with E-state index in [1.165, 1.54) is 199 Å². The zero-order chi connectivity index (χ0) is 56.6. The zero-order valence-corrected chi connectivity index (χ0v) is 49.4. The predicted octanol–water partition coefficient (Wildman–Crippen LogP) is 22.2. The van der Waals surface area contributed by atoms with Gasteiger partial charge in [0.15, 0.2) is 0 Å². The summed E-state index contributed by atoms with van der Waals surface area (Å²) in [4.78, 5) is 0. The molecule has 82 heavy (non-hydrogen) atoms. The molecule has 0 aliphatic carbocycles. The van der Waals surface area contributed by atoms with Crippen LogP contribution in [-0.2, 0) is 0 Å². The van der Waals surface area contributed by atoms with Gasteiger partial charge in [-0.15, -0.1) is 0 Å². The van der Waals surface area contributed by atoms with Crippen molar-refractivity contribution in [2.75, 3.05) is 0 Å². The predicted molar refractivity (Wildman–Crippen MR) is 354 cm³/mol. The van der Waals surface area contributed by atoms with Crippen LogP contribution in [0.25, 0.3) is 132 Å². The molecule has 2 aromatic heterocycles. The molecule has 14 rings (SSSR count). The van der Waals surface area contributed by atoms with E-state index in [9.17, 15) is 0 Å². The molecule has 0 N–H and O–H groups in total. The Balaban J connectivity index is 0.965. The number of hydrogen-bond donors (Lipinski definition) is 0. The van der Waals surface area contributed by atoms with Crippen molar-refractivity contribution in [3.8, 4) is 67.0 Å². The van der Waals surface area contributed by atoms with Gasteiger partial charge in [-0.05, 0) is 255 Å². The second-order valence-electron chi connectivity index (χ2n) is 24.0. The third kappa shape index (κ3) is 8.06. The average molecular weight is 1060 g/mol. The molecule has 0 spiro atoms. The third-order valence-electron chi connectivity index (χ3n) is 18.0. The highest BCUT2D eigenvalue weighted by Gasteiger charge is 2.23. The Morgan fingerprint density at radius 2 is 0.439 bits per heavy atom. The molecule has 2 heteroatoms. The van der Waals surface area contributed by atoms with Gasteiger partial charge in [0.05, 0.1) is 33.4 Å². The van der Waals surface area contributed by atoms with Crippen molar-refractivity contribution < 1.29 is 0 Å².